The van der Waals surface area contributed by atoms with Gasteiger partial charge >= 0.3 is 0 Å². The van der Waals surface area contributed by atoms with Gasteiger partial charge in [-0.3, -0.25) is 19.0 Å². The molecule has 0 unspecified atom stereocenters. The van der Waals surface area contributed by atoms with Crippen molar-refractivity contribution in [3.05, 3.63) is 62.0 Å². The normalized spacial score (nSPS) is 16.3. The zero-order chi connectivity index (χ0) is 22.8. The second kappa shape index (κ2) is 9.42. The molecular weight excluding hydrogens is 448 g/mol. The molecule has 0 bridgehead atoms. The Kier molecular flexibility index (Phi) is 6.62. The lowest BCUT2D eigenvalue weighted by atomic mass is 10.0. The van der Waals surface area contributed by atoms with Gasteiger partial charge in [0.25, 0.3) is 11.5 Å². The maximum atomic E-state index is 13.1. The van der Waals surface area contributed by atoms with Crippen molar-refractivity contribution < 1.29 is 9.59 Å². The summed E-state index contributed by atoms with van der Waals surface area (Å²) in [6.45, 7) is 5.55. The molecule has 1 N–H and O–H groups in total. The van der Waals surface area contributed by atoms with Gasteiger partial charge in [0.2, 0.25) is 5.91 Å². The molecule has 1 fully saturated rings. The average molecular weight is 473 g/mol. The first-order valence-electron chi connectivity index (χ1n) is 10.6. The van der Waals surface area contributed by atoms with Crippen molar-refractivity contribution in [1.29, 1.82) is 0 Å². The molecule has 4 rings (SSSR count). The van der Waals surface area contributed by atoms with E-state index in [1.54, 1.807) is 13.0 Å². The van der Waals surface area contributed by atoms with Crippen molar-refractivity contribution in [2.24, 2.45) is 5.92 Å². The van der Waals surface area contributed by atoms with Crippen LogP contribution in [0.4, 0.5) is 0 Å². The highest BCUT2D eigenvalue weighted by molar-refractivity contribution is 7.20. The molecule has 32 heavy (non-hydrogen) atoms. The summed E-state index contributed by atoms with van der Waals surface area (Å²) in [5, 5.41) is 3.83. The van der Waals surface area contributed by atoms with Crippen LogP contribution >= 0.6 is 22.9 Å². The minimum Gasteiger partial charge on any atom is -0.347 e. The number of piperidine rings is 1. The molecule has 0 aliphatic carbocycles. The van der Waals surface area contributed by atoms with Crippen LogP contribution in [0.5, 0.6) is 0 Å². The third-order valence-electron chi connectivity index (χ3n) is 5.84. The first kappa shape index (κ1) is 22.5. The Bertz CT molecular complexity index is 1240. The summed E-state index contributed by atoms with van der Waals surface area (Å²) in [7, 11) is 0. The van der Waals surface area contributed by atoms with Gasteiger partial charge in [-0.25, -0.2) is 4.98 Å². The number of nitrogens with one attached hydrogen (secondary N) is 1. The lowest BCUT2D eigenvalue weighted by molar-refractivity contribution is -0.133. The van der Waals surface area contributed by atoms with E-state index >= 15 is 0 Å². The van der Waals surface area contributed by atoms with Gasteiger partial charge in [0.05, 0.1) is 16.6 Å². The van der Waals surface area contributed by atoms with Gasteiger partial charge in [0.15, 0.2) is 0 Å². The fourth-order valence-electron chi connectivity index (χ4n) is 4.05. The Labute approximate surface area is 195 Å². The summed E-state index contributed by atoms with van der Waals surface area (Å²) in [5.41, 5.74) is 1.09. The van der Waals surface area contributed by atoms with E-state index in [1.165, 1.54) is 22.2 Å². The third kappa shape index (κ3) is 4.56. The van der Waals surface area contributed by atoms with E-state index in [1.807, 2.05) is 23.1 Å². The number of fused-ring (bicyclic) bond motifs is 1. The Hall–Kier alpha value is -2.71. The molecule has 2 aromatic heterocycles. The molecule has 1 aliphatic rings. The second-order valence-electron chi connectivity index (χ2n) is 8.28. The number of halogens is 1. The first-order chi connectivity index (χ1) is 15.3. The summed E-state index contributed by atoms with van der Waals surface area (Å²) < 4.78 is 1.34. The molecule has 7 nitrogen and oxygen atoms in total. The maximum Gasteiger partial charge on any atom is 0.262 e. The van der Waals surface area contributed by atoms with Crippen LogP contribution in [-0.2, 0) is 17.9 Å². The number of carbonyl (C=O) groups is 2. The molecule has 3 aromatic rings. The monoisotopic (exact) mass is 472 g/mol. The number of hydrogen-bond donors (Lipinski definition) is 1. The van der Waals surface area contributed by atoms with Crippen molar-refractivity contribution >= 4 is 45.0 Å². The topological polar surface area (TPSA) is 84.3 Å². The Morgan fingerprint density at radius 1 is 1.31 bits per heavy atom. The molecule has 3 heterocycles. The SMILES string of the molecule is Cc1c(C(=O)NCc2ccccc2Cl)sc2ncn(CC(=O)N3CCC[C@H](C)C3)c(=O)c12. The van der Waals surface area contributed by atoms with Gasteiger partial charge in [0, 0.05) is 24.7 Å². The highest BCUT2D eigenvalue weighted by Crippen LogP contribution is 2.27. The molecule has 9 heteroatoms. The van der Waals surface area contributed by atoms with Gasteiger partial charge in [0.1, 0.15) is 11.4 Å². The predicted octanol–water partition coefficient (Wildman–Crippen LogP) is 3.61. The van der Waals surface area contributed by atoms with E-state index in [0.29, 0.717) is 31.6 Å². The van der Waals surface area contributed by atoms with Crippen molar-refractivity contribution in [3.63, 3.8) is 0 Å². The van der Waals surface area contributed by atoms with Crippen molar-refractivity contribution in [3.8, 4) is 0 Å². The molecule has 1 saturated heterocycles. The molecule has 1 atom stereocenters. The zero-order valence-electron chi connectivity index (χ0n) is 18.1. The second-order valence-corrected chi connectivity index (χ2v) is 9.68. The van der Waals surface area contributed by atoms with Gasteiger partial charge in [-0.1, -0.05) is 36.7 Å². The highest BCUT2D eigenvalue weighted by atomic mass is 35.5. The number of thiophene rings is 1. The van der Waals surface area contributed by atoms with E-state index in [0.717, 1.165) is 31.5 Å². The lowest BCUT2D eigenvalue weighted by Crippen LogP contribution is -2.42. The smallest absolute Gasteiger partial charge is 0.262 e. The number of aromatic nitrogens is 2. The summed E-state index contributed by atoms with van der Waals surface area (Å²) in [4.78, 5) is 45.7. The molecule has 0 saturated carbocycles. The number of rotatable bonds is 5. The number of carbonyl (C=O) groups excluding carboxylic acids is 2. The zero-order valence-corrected chi connectivity index (χ0v) is 19.6. The number of hydrogen-bond acceptors (Lipinski definition) is 5. The minimum atomic E-state index is -0.299. The quantitative estimate of drug-likeness (QED) is 0.614. The third-order valence-corrected chi connectivity index (χ3v) is 7.40. The standard InChI is InChI=1S/C23H25ClN4O3S/c1-14-6-5-9-27(11-14)18(29)12-28-13-26-22-19(23(28)31)15(2)20(32-22)21(30)25-10-16-7-3-4-8-17(16)24/h3-4,7-8,13-14H,5-6,9-12H2,1-2H3,(H,25,30)/t14-/m0/s1. The van der Waals surface area contributed by atoms with Crippen LogP contribution in [-0.4, -0.2) is 39.4 Å². The summed E-state index contributed by atoms with van der Waals surface area (Å²) in [5.74, 6) is 0.108. The molecule has 0 radical (unpaired) electrons. The van der Waals surface area contributed by atoms with Gasteiger partial charge in [-0.05, 0) is 42.9 Å². The van der Waals surface area contributed by atoms with Crippen LogP contribution in [0.3, 0.4) is 0 Å². The van der Waals surface area contributed by atoms with Crippen LogP contribution in [0, 0.1) is 12.8 Å². The number of aryl methyl sites for hydroxylation is 1. The van der Waals surface area contributed by atoms with E-state index in [4.69, 9.17) is 11.6 Å². The molecule has 168 valence electrons. The molecule has 1 aromatic carbocycles. The largest absolute Gasteiger partial charge is 0.347 e. The minimum absolute atomic E-state index is 0.0438. The first-order valence-corrected chi connectivity index (χ1v) is 11.8. The summed E-state index contributed by atoms with van der Waals surface area (Å²) in [6, 6.07) is 7.31. The summed E-state index contributed by atoms with van der Waals surface area (Å²) >= 11 is 7.34. The van der Waals surface area contributed by atoms with Crippen LogP contribution in [0.1, 0.15) is 40.6 Å². The number of nitrogens with zero attached hydrogens (tertiary/aromatic N) is 3. The molecule has 2 amide bonds. The van der Waals surface area contributed by atoms with Crippen LogP contribution in [0.2, 0.25) is 5.02 Å². The fraction of sp³-hybridized carbons (Fsp3) is 0.391. The molecular formula is C23H25ClN4O3S. The fourth-order valence-corrected chi connectivity index (χ4v) is 5.31. The number of amides is 2. The van der Waals surface area contributed by atoms with Gasteiger partial charge in [-0.15, -0.1) is 11.3 Å². The Balaban J connectivity index is 1.54. The van der Waals surface area contributed by atoms with Crippen LogP contribution in [0.25, 0.3) is 10.2 Å². The van der Waals surface area contributed by atoms with Gasteiger partial charge in [-0.2, -0.15) is 0 Å². The summed E-state index contributed by atoms with van der Waals surface area (Å²) in [6.07, 6.45) is 3.50. The van der Waals surface area contributed by atoms with Crippen molar-refractivity contribution in [2.75, 3.05) is 13.1 Å². The van der Waals surface area contributed by atoms with E-state index in [9.17, 15) is 14.4 Å². The van der Waals surface area contributed by atoms with Crippen LogP contribution in [0.15, 0.2) is 35.4 Å². The maximum absolute atomic E-state index is 13.1. The van der Waals surface area contributed by atoms with E-state index < -0.39 is 0 Å². The van der Waals surface area contributed by atoms with Crippen LogP contribution < -0.4 is 10.9 Å². The average Bonchev–Trinajstić information content (AvgIpc) is 3.12. The van der Waals surface area contributed by atoms with E-state index in [-0.39, 0.29) is 30.5 Å². The van der Waals surface area contributed by atoms with Crippen molar-refractivity contribution in [2.45, 2.75) is 39.8 Å². The van der Waals surface area contributed by atoms with Crippen molar-refractivity contribution in [1.82, 2.24) is 19.8 Å². The number of likely N-dealkylation sites (tertiary alicyclic amines) is 1. The van der Waals surface area contributed by atoms with Gasteiger partial charge < -0.3 is 10.2 Å². The molecule has 0 spiro atoms. The highest BCUT2D eigenvalue weighted by Gasteiger charge is 2.23. The number of benzene rings is 1. The molecule has 1 aliphatic heterocycles. The predicted molar refractivity (Wildman–Crippen MR) is 126 cm³/mol. The Morgan fingerprint density at radius 2 is 2.09 bits per heavy atom. The lowest BCUT2D eigenvalue weighted by Gasteiger charge is -2.31. The van der Waals surface area contributed by atoms with E-state index in [2.05, 4.69) is 17.2 Å². The Morgan fingerprint density at radius 3 is 2.84 bits per heavy atom.